The molecule has 0 spiro atoms. The van der Waals surface area contributed by atoms with Crippen LogP contribution in [-0.2, 0) is 26.0 Å². The van der Waals surface area contributed by atoms with E-state index in [0.29, 0.717) is 18.9 Å². The number of hydrogen-bond acceptors (Lipinski definition) is 5. The Labute approximate surface area is 192 Å². The predicted molar refractivity (Wildman–Crippen MR) is 121 cm³/mol. The number of benzene rings is 2. The average Bonchev–Trinajstić information content (AvgIpc) is 3.35. The number of hydrogen-bond donors (Lipinski definition) is 1. The molecular formula is C23H27F2N3O4S. The normalized spacial score (nSPS) is 17.3. The van der Waals surface area contributed by atoms with Crippen LogP contribution in [-0.4, -0.2) is 58.0 Å². The molecule has 0 saturated carbocycles. The van der Waals surface area contributed by atoms with E-state index in [2.05, 4.69) is 10.2 Å². The third-order valence-corrected chi connectivity index (χ3v) is 7.82. The van der Waals surface area contributed by atoms with Gasteiger partial charge in [0.2, 0.25) is 15.9 Å². The number of aryl methyl sites for hydroxylation is 1. The van der Waals surface area contributed by atoms with Gasteiger partial charge in [0.1, 0.15) is 11.6 Å². The largest absolute Gasteiger partial charge is 0.379 e. The number of halogens is 2. The fraction of sp³-hybridized carbons (Fsp3) is 0.435. The quantitative estimate of drug-likeness (QED) is 0.660. The zero-order valence-electron chi connectivity index (χ0n) is 18.2. The van der Waals surface area contributed by atoms with Gasteiger partial charge < -0.3 is 15.0 Å². The highest BCUT2D eigenvalue weighted by Crippen LogP contribution is 2.32. The molecule has 4 rings (SSSR count). The number of nitrogens with one attached hydrogen (secondary N) is 1. The van der Waals surface area contributed by atoms with E-state index >= 15 is 0 Å². The van der Waals surface area contributed by atoms with Crippen molar-refractivity contribution in [1.82, 2.24) is 4.31 Å². The van der Waals surface area contributed by atoms with Crippen LogP contribution >= 0.6 is 0 Å². The molecule has 0 aromatic heterocycles. The first-order valence-electron chi connectivity index (χ1n) is 11.1. The standard InChI is InChI=1S/C23H27F2N3O4S/c24-18-4-6-20(25)17(15-18)3-8-23(29)26-21-16-19(5-7-22(21)27-9-1-2-10-27)33(30,31)28-11-13-32-14-12-28/h4-7,15-16H,1-3,8-14H2,(H,26,29). The zero-order chi connectivity index (χ0) is 23.4. The number of morpholine rings is 1. The van der Waals surface area contributed by atoms with Crippen molar-refractivity contribution in [3.05, 3.63) is 53.6 Å². The molecule has 2 heterocycles. The molecule has 33 heavy (non-hydrogen) atoms. The maximum atomic E-state index is 13.9. The van der Waals surface area contributed by atoms with Gasteiger partial charge in [0.25, 0.3) is 0 Å². The van der Waals surface area contributed by atoms with Gasteiger partial charge in [0, 0.05) is 32.6 Å². The van der Waals surface area contributed by atoms with Crippen LogP contribution in [0.3, 0.4) is 0 Å². The first kappa shape index (κ1) is 23.6. The Bertz CT molecular complexity index is 1110. The van der Waals surface area contributed by atoms with Crippen LogP contribution in [0.5, 0.6) is 0 Å². The van der Waals surface area contributed by atoms with Gasteiger partial charge in [-0.25, -0.2) is 17.2 Å². The Morgan fingerprint density at radius 3 is 2.45 bits per heavy atom. The Hall–Kier alpha value is -2.56. The number of amides is 1. The summed E-state index contributed by atoms with van der Waals surface area (Å²) < 4.78 is 60.1. The zero-order valence-corrected chi connectivity index (χ0v) is 19.0. The lowest BCUT2D eigenvalue weighted by atomic mass is 10.1. The molecular weight excluding hydrogens is 452 g/mol. The molecule has 0 unspecified atom stereocenters. The van der Waals surface area contributed by atoms with E-state index < -0.39 is 27.6 Å². The maximum Gasteiger partial charge on any atom is 0.243 e. The van der Waals surface area contributed by atoms with Gasteiger partial charge in [0.15, 0.2) is 0 Å². The summed E-state index contributed by atoms with van der Waals surface area (Å²) >= 11 is 0. The minimum Gasteiger partial charge on any atom is -0.379 e. The van der Waals surface area contributed by atoms with Crippen LogP contribution in [0.25, 0.3) is 0 Å². The summed E-state index contributed by atoms with van der Waals surface area (Å²) in [5.74, 6) is -1.54. The molecule has 178 valence electrons. The summed E-state index contributed by atoms with van der Waals surface area (Å²) in [6.45, 7) is 2.85. The summed E-state index contributed by atoms with van der Waals surface area (Å²) in [6, 6.07) is 7.92. The van der Waals surface area contributed by atoms with Crippen molar-refractivity contribution in [2.45, 2.75) is 30.6 Å². The summed E-state index contributed by atoms with van der Waals surface area (Å²) in [5.41, 5.74) is 1.27. The van der Waals surface area contributed by atoms with Crippen molar-refractivity contribution in [2.75, 3.05) is 49.6 Å². The molecule has 2 fully saturated rings. The van der Waals surface area contributed by atoms with Crippen molar-refractivity contribution in [3.63, 3.8) is 0 Å². The number of ether oxygens (including phenoxy) is 1. The number of carbonyl (C=O) groups excluding carboxylic acids is 1. The monoisotopic (exact) mass is 479 g/mol. The molecule has 1 N–H and O–H groups in total. The molecule has 0 aliphatic carbocycles. The second-order valence-electron chi connectivity index (χ2n) is 8.17. The van der Waals surface area contributed by atoms with Crippen LogP contribution < -0.4 is 10.2 Å². The van der Waals surface area contributed by atoms with Gasteiger partial charge in [-0.2, -0.15) is 4.31 Å². The smallest absolute Gasteiger partial charge is 0.243 e. The van der Waals surface area contributed by atoms with Crippen LogP contribution in [0.1, 0.15) is 24.8 Å². The Morgan fingerprint density at radius 2 is 1.73 bits per heavy atom. The maximum absolute atomic E-state index is 13.9. The molecule has 2 saturated heterocycles. The third kappa shape index (κ3) is 5.51. The minimum atomic E-state index is -3.73. The first-order chi connectivity index (χ1) is 15.8. The lowest BCUT2D eigenvalue weighted by Gasteiger charge is -2.27. The van der Waals surface area contributed by atoms with Crippen LogP contribution in [0.2, 0.25) is 0 Å². The Morgan fingerprint density at radius 1 is 1.00 bits per heavy atom. The van der Waals surface area contributed by atoms with Crippen molar-refractivity contribution >= 4 is 27.3 Å². The SMILES string of the molecule is O=C(CCc1cc(F)ccc1F)Nc1cc(S(=O)(=O)N2CCOCC2)ccc1N1CCCC1. The molecule has 2 aliphatic heterocycles. The molecule has 0 atom stereocenters. The van der Waals surface area contributed by atoms with Crippen molar-refractivity contribution in [2.24, 2.45) is 0 Å². The molecule has 2 aromatic rings. The first-order valence-corrected chi connectivity index (χ1v) is 12.5. The summed E-state index contributed by atoms with van der Waals surface area (Å²) in [4.78, 5) is 14.9. The van der Waals surface area contributed by atoms with Gasteiger partial charge in [-0.1, -0.05) is 0 Å². The van der Waals surface area contributed by atoms with Gasteiger partial charge in [0.05, 0.1) is 29.5 Å². The van der Waals surface area contributed by atoms with E-state index in [-0.39, 0.29) is 36.4 Å². The number of carbonyl (C=O) groups is 1. The fourth-order valence-electron chi connectivity index (χ4n) is 4.14. The van der Waals surface area contributed by atoms with Gasteiger partial charge >= 0.3 is 0 Å². The molecule has 1 amide bonds. The third-order valence-electron chi connectivity index (χ3n) is 5.93. The van der Waals surface area contributed by atoms with Crippen molar-refractivity contribution in [3.8, 4) is 0 Å². The summed E-state index contributed by atoms with van der Waals surface area (Å²) in [5, 5.41) is 2.80. The van der Waals surface area contributed by atoms with E-state index in [9.17, 15) is 22.0 Å². The van der Waals surface area contributed by atoms with E-state index in [1.807, 2.05) is 0 Å². The fourth-order valence-corrected chi connectivity index (χ4v) is 5.58. The van der Waals surface area contributed by atoms with Gasteiger partial charge in [-0.05, 0) is 61.2 Å². The second kappa shape index (κ2) is 10.1. The number of nitrogens with zero attached hydrogens (tertiary/aromatic N) is 2. The van der Waals surface area contributed by atoms with E-state index in [0.717, 1.165) is 49.8 Å². The summed E-state index contributed by atoms with van der Waals surface area (Å²) in [7, 11) is -3.73. The highest BCUT2D eigenvalue weighted by Gasteiger charge is 2.28. The van der Waals surface area contributed by atoms with Gasteiger partial charge in [-0.15, -0.1) is 0 Å². The lowest BCUT2D eigenvalue weighted by Crippen LogP contribution is -2.40. The lowest BCUT2D eigenvalue weighted by molar-refractivity contribution is -0.116. The highest BCUT2D eigenvalue weighted by molar-refractivity contribution is 7.89. The number of anilines is 2. The van der Waals surface area contributed by atoms with Gasteiger partial charge in [-0.3, -0.25) is 4.79 Å². The van der Waals surface area contributed by atoms with E-state index in [1.54, 1.807) is 12.1 Å². The van der Waals surface area contributed by atoms with Crippen molar-refractivity contribution < 1.29 is 26.7 Å². The molecule has 0 radical (unpaired) electrons. The molecule has 2 aliphatic rings. The number of sulfonamides is 1. The summed E-state index contributed by atoms with van der Waals surface area (Å²) in [6.07, 6.45) is 1.99. The van der Waals surface area contributed by atoms with Crippen LogP contribution in [0.4, 0.5) is 20.2 Å². The average molecular weight is 480 g/mol. The molecule has 10 heteroatoms. The number of rotatable bonds is 7. The van der Waals surface area contributed by atoms with Crippen molar-refractivity contribution in [1.29, 1.82) is 0 Å². The molecule has 2 aromatic carbocycles. The van der Waals surface area contributed by atoms with E-state index in [4.69, 9.17) is 4.74 Å². The predicted octanol–water partition coefficient (Wildman–Crippen LogP) is 3.16. The Balaban J connectivity index is 1.55. The van der Waals surface area contributed by atoms with Crippen LogP contribution in [0.15, 0.2) is 41.3 Å². The highest BCUT2D eigenvalue weighted by atomic mass is 32.2. The Kier molecular flexibility index (Phi) is 7.26. The molecule has 0 bridgehead atoms. The molecule has 7 nitrogen and oxygen atoms in total. The second-order valence-corrected chi connectivity index (χ2v) is 10.1. The van der Waals surface area contributed by atoms with Crippen LogP contribution in [0, 0.1) is 11.6 Å². The minimum absolute atomic E-state index is 0.0280. The van der Waals surface area contributed by atoms with E-state index in [1.165, 1.54) is 10.4 Å². The topological polar surface area (TPSA) is 79.0 Å².